The van der Waals surface area contributed by atoms with Crippen molar-refractivity contribution in [2.45, 2.75) is 53.1 Å². The van der Waals surface area contributed by atoms with Gasteiger partial charge in [0.2, 0.25) is 0 Å². The third-order valence-electron chi connectivity index (χ3n) is 2.18. The smallest absolute Gasteiger partial charge is 0.0697 e. The van der Waals surface area contributed by atoms with Crippen LogP contribution in [0.4, 0.5) is 0 Å². The third kappa shape index (κ3) is 5.71. The zero-order valence-electron chi connectivity index (χ0n) is 9.30. The van der Waals surface area contributed by atoms with Gasteiger partial charge in [-0.15, -0.1) is 5.92 Å². The zero-order valence-corrected chi connectivity index (χ0v) is 9.30. The van der Waals surface area contributed by atoms with E-state index in [-0.39, 0.29) is 12.0 Å². The fraction of sp³-hybridized carbons (Fsp3) is 0.833. The summed E-state index contributed by atoms with van der Waals surface area (Å²) in [6.45, 7) is 8.20. The molecule has 0 heterocycles. The number of unbranched alkanes of at least 4 members (excludes halogenated alkanes) is 2. The van der Waals surface area contributed by atoms with Crippen molar-refractivity contribution in [3.63, 3.8) is 0 Å². The Labute approximate surface area is 82.5 Å². The highest BCUT2D eigenvalue weighted by Gasteiger charge is 2.14. The van der Waals surface area contributed by atoms with Crippen molar-refractivity contribution < 1.29 is 5.11 Å². The molecule has 0 amide bonds. The highest BCUT2D eigenvalue weighted by molar-refractivity contribution is 5.04. The summed E-state index contributed by atoms with van der Waals surface area (Å²) in [6, 6.07) is 0. The first kappa shape index (κ1) is 12.5. The maximum atomic E-state index is 9.65. The van der Waals surface area contributed by atoms with Gasteiger partial charge in [-0.3, -0.25) is 0 Å². The third-order valence-corrected chi connectivity index (χ3v) is 2.18. The molecule has 0 aromatic rings. The van der Waals surface area contributed by atoms with Crippen LogP contribution >= 0.6 is 0 Å². The first-order valence-corrected chi connectivity index (χ1v) is 5.26. The Morgan fingerprint density at radius 1 is 1.23 bits per heavy atom. The summed E-state index contributed by atoms with van der Waals surface area (Å²) in [4.78, 5) is 0. The van der Waals surface area contributed by atoms with Gasteiger partial charge in [0.05, 0.1) is 6.10 Å². The van der Waals surface area contributed by atoms with Gasteiger partial charge < -0.3 is 5.11 Å². The Bertz CT molecular complexity index is 173. The number of hydrogen-bond donors (Lipinski definition) is 1. The van der Waals surface area contributed by atoms with Crippen LogP contribution in [-0.2, 0) is 0 Å². The predicted octanol–water partition coefficient (Wildman–Crippen LogP) is 2.83. The molecule has 1 N–H and O–H groups in total. The lowest BCUT2D eigenvalue weighted by molar-refractivity contribution is 0.0945. The summed E-state index contributed by atoms with van der Waals surface area (Å²) < 4.78 is 0. The summed E-state index contributed by atoms with van der Waals surface area (Å²) in [6.07, 6.45) is 3.04. The maximum absolute atomic E-state index is 9.65. The molecular weight excluding hydrogens is 160 g/mol. The maximum Gasteiger partial charge on any atom is 0.0697 e. The van der Waals surface area contributed by atoms with Crippen LogP contribution in [0.1, 0.15) is 47.0 Å². The molecule has 76 valence electrons. The lowest BCUT2D eigenvalue weighted by Crippen LogP contribution is -2.22. The molecule has 0 saturated heterocycles. The second kappa shape index (κ2) is 6.97. The number of aliphatic hydroxyl groups excluding tert-OH is 1. The van der Waals surface area contributed by atoms with E-state index in [4.69, 9.17) is 0 Å². The average Bonchev–Trinajstić information content (AvgIpc) is 2.10. The van der Waals surface area contributed by atoms with Crippen LogP contribution in [0, 0.1) is 23.7 Å². The van der Waals surface area contributed by atoms with E-state index in [0.29, 0.717) is 5.92 Å². The highest BCUT2D eigenvalue weighted by atomic mass is 16.3. The SMILES string of the molecule is CCCCC#C[C@H](C)[C@@H](O)C(C)C. The largest absolute Gasteiger partial charge is 0.392 e. The van der Waals surface area contributed by atoms with Gasteiger partial charge in [0.15, 0.2) is 0 Å². The van der Waals surface area contributed by atoms with Crippen LogP contribution in [0.5, 0.6) is 0 Å². The summed E-state index contributed by atoms with van der Waals surface area (Å²) in [5, 5.41) is 9.65. The molecule has 0 spiro atoms. The van der Waals surface area contributed by atoms with Gasteiger partial charge in [0.1, 0.15) is 0 Å². The summed E-state index contributed by atoms with van der Waals surface area (Å²) in [5.41, 5.74) is 0. The van der Waals surface area contributed by atoms with Crippen molar-refractivity contribution in [1.29, 1.82) is 0 Å². The summed E-state index contributed by atoms with van der Waals surface area (Å²) in [5.74, 6) is 6.62. The normalized spacial score (nSPS) is 14.9. The fourth-order valence-corrected chi connectivity index (χ4v) is 1.16. The first-order chi connectivity index (χ1) is 6.09. The van der Waals surface area contributed by atoms with Crippen LogP contribution < -0.4 is 0 Å². The fourth-order valence-electron chi connectivity index (χ4n) is 1.16. The second-order valence-electron chi connectivity index (χ2n) is 3.95. The van der Waals surface area contributed by atoms with Gasteiger partial charge >= 0.3 is 0 Å². The highest BCUT2D eigenvalue weighted by Crippen LogP contribution is 2.11. The molecule has 0 rings (SSSR count). The van der Waals surface area contributed by atoms with Crippen LogP contribution in [0.3, 0.4) is 0 Å². The molecule has 0 fully saturated rings. The van der Waals surface area contributed by atoms with Gasteiger partial charge in [-0.1, -0.05) is 33.1 Å². The molecule has 0 aliphatic heterocycles. The van der Waals surface area contributed by atoms with Crippen molar-refractivity contribution >= 4 is 0 Å². The van der Waals surface area contributed by atoms with E-state index in [1.165, 1.54) is 6.42 Å². The predicted molar refractivity (Wildman–Crippen MR) is 57.3 cm³/mol. The molecule has 0 aromatic heterocycles. The number of aliphatic hydroxyl groups is 1. The van der Waals surface area contributed by atoms with Crippen LogP contribution in [0.2, 0.25) is 0 Å². The molecule has 0 bridgehead atoms. The van der Waals surface area contributed by atoms with Gasteiger partial charge in [0.25, 0.3) is 0 Å². The van der Waals surface area contributed by atoms with Gasteiger partial charge in [-0.05, 0) is 19.3 Å². The molecule has 13 heavy (non-hydrogen) atoms. The topological polar surface area (TPSA) is 20.2 Å². The van der Waals surface area contributed by atoms with Crippen LogP contribution in [0.25, 0.3) is 0 Å². The minimum Gasteiger partial charge on any atom is -0.392 e. The van der Waals surface area contributed by atoms with Gasteiger partial charge in [0, 0.05) is 12.3 Å². The van der Waals surface area contributed by atoms with Crippen molar-refractivity contribution in [2.24, 2.45) is 11.8 Å². The Hall–Kier alpha value is -0.480. The monoisotopic (exact) mass is 182 g/mol. The molecular formula is C12H22O. The zero-order chi connectivity index (χ0) is 10.3. The molecule has 0 saturated carbocycles. The number of hydrogen-bond acceptors (Lipinski definition) is 1. The van der Waals surface area contributed by atoms with Crippen molar-refractivity contribution in [3.8, 4) is 11.8 Å². The average molecular weight is 182 g/mol. The summed E-state index contributed by atoms with van der Waals surface area (Å²) >= 11 is 0. The number of rotatable bonds is 4. The summed E-state index contributed by atoms with van der Waals surface area (Å²) in [7, 11) is 0. The van der Waals surface area contributed by atoms with E-state index in [0.717, 1.165) is 12.8 Å². The molecule has 0 aromatic carbocycles. The van der Waals surface area contributed by atoms with Crippen LogP contribution in [0.15, 0.2) is 0 Å². The molecule has 1 heteroatoms. The Morgan fingerprint density at radius 3 is 2.31 bits per heavy atom. The van der Waals surface area contributed by atoms with Gasteiger partial charge in [-0.25, -0.2) is 0 Å². The van der Waals surface area contributed by atoms with Crippen molar-refractivity contribution in [1.82, 2.24) is 0 Å². The molecule has 0 radical (unpaired) electrons. The standard InChI is InChI=1S/C12H22O/c1-5-6-7-8-9-11(4)12(13)10(2)3/h10-13H,5-7H2,1-4H3/t11-,12-/m0/s1. The van der Waals surface area contributed by atoms with E-state index in [9.17, 15) is 5.11 Å². The van der Waals surface area contributed by atoms with E-state index in [1.807, 2.05) is 20.8 Å². The van der Waals surface area contributed by atoms with Crippen LogP contribution in [-0.4, -0.2) is 11.2 Å². The van der Waals surface area contributed by atoms with E-state index < -0.39 is 0 Å². The second-order valence-corrected chi connectivity index (χ2v) is 3.95. The quantitative estimate of drug-likeness (QED) is 0.523. The van der Waals surface area contributed by atoms with E-state index in [2.05, 4.69) is 18.8 Å². The molecule has 0 unspecified atom stereocenters. The molecule has 0 aliphatic carbocycles. The molecule has 0 aliphatic rings. The Balaban J connectivity index is 3.81. The minimum absolute atomic E-state index is 0.108. The molecule has 2 atom stereocenters. The molecule has 1 nitrogen and oxygen atoms in total. The van der Waals surface area contributed by atoms with Crippen molar-refractivity contribution in [2.75, 3.05) is 0 Å². The first-order valence-electron chi connectivity index (χ1n) is 5.26. The minimum atomic E-state index is -0.283. The van der Waals surface area contributed by atoms with Gasteiger partial charge in [-0.2, -0.15) is 0 Å². The lowest BCUT2D eigenvalue weighted by atomic mass is 9.95. The van der Waals surface area contributed by atoms with E-state index >= 15 is 0 Å². The Kier molecular flexibility index (Phi) is 6.72. The Morgan fingerprint density at radius 2 is 1.85 bits per heavy atom. The van der Waals surface area contributed by atoms with Crippen molar-refractivity contribution in [3.05, 3.63) is 0 Å². The van der Waals surface area contributed by atoms with E-state index in [1.54, 1.807) is 0 Å². The lowest BCUT2D eigenvalue weighted by Gasteiger charge is -2.17.